The Morgan fingerprint density at radius 1 is 1.29 bits per heavy atom. The minimum absolute atomic E-state index is 0.119. The fourth-order valence-electron chi connectivity index (χ4n) is 2.37. The maximum absolute atomic E-state index is 13.7. The van der Waals surface area contributed by atoms with E-state index in [1.54, 1.807) is 12.1 Å². The molecule has 0 bridgehead atoms. The van der Waals surface area contributed by atoms with Gasteiger partial charge in [-0.05, 0) is 43.5 Å². The van der Waals surface area contributed by atoms with Crippen LogP contribution in [0.4, 0.5) is 4.39 Å². The summed E-state index contributed by atoms with van der Waals surface area (Å²) in [4.78, 5) is -0.119. The zero-order chi connectivity index (χ0) is 12.5. The predicted molar refractivity (Wildman–Crippen MR) is 64.4 cm³/mol. The van der Waals surface area contributed by atoms with Gasteiger partial charge in [-0.25, -0.2) is 12.8 Å². The second kappa shape index (κ2) is 4.74. The molecule has 0 atom stereocenters. The Morgan fingerprint density at radius 2 is 1.94 bits per heavy atom. The molecule has 1 aliphatic heterocycles. The quantitative estimate of drug-likeness (QED) is 0.877. The zero-order valence-electron chi connectivity index (χ0n) is 9.74. The second-order valence-electron chi connectivity index (χ2n) is 4.45. The lowest BCUT2D eigenvalue weighted by molar-refractivity contribution is 0.450. The Balaban J connectivity index is 2.49. The molecular weight excluding hydrogens is 241 g/mol. The lowest BCUT2D eigenvalue weighted by atomic mass is 9.90. The number of piperidine rings is 1. The molecule has 0 saturated carbocycles. The van der Waals surface area contributed by atoms with E-state index in [4.69, 9.17) is 0 Å². The fraction of sp³-hybridized carbons (Fsp3) is 0.500. The molecule has 1 aromatic carbocycles. The lowest BCUT2D eigenvalue weighted by Gasteiger charge is -2.24. The molecule has 1 fully saturated rings. The highest BCUT2D eigenvalue weighted by Gasteiger charge is 2.25. The molecule has 0 aromatic heterocycles. The maximum atomic E-state index is 13.7. The largest absolute Gasteiger partial charge is 0.317 e. The van der Waals surface area contributed by atoms with Crippen LogP contribution >= 0.6 is 0 Å². The SMILES string of the molecule is CS(=O)(=O)c1c(F)cccc1C1CCNCC1. The number of sulfone groups is 1. The molecule has 2 rings (SSSR count). The summed E-state index contributed by atoms with van der Waals surface area (Å²) in [6, 6.07) is 4.53. The molecule has 0 radical (unpaired) electrons. The van der Waals surface area contributed by atoms with Crippen molar-refractivity contribution in [3.63, 3.8) is 0 Å². The van der Waals surface area contributed by atoms with E-state index < -0.39 is 15.7 Å². The van der Waals surface area contributed by atoms with Crippen LogP contribution in [0.25, 0.3) is 0 Å². The summed E-state index contributed by atoms with van der Waals surface area (Å²) < 4.78 is 37.0. The van der Waals surface area contributed by atoms with Gasteiger partial charge in [0.05, 0.1) is 0 Å². The predicted octanol–water partition coefficient (Wildman–Crippen LogP) is 1.70. The third-order valence-corrected chi connectivity index (χ3v) is 4.32. The maximum Gasteiger partial charge on any atom is 0.178 e. The van der Waals surface area contributed by atoms with Crippen LogP contribution in [0.2, 0.25) is 0 Å². The Morgan fingerprint density at radius 3 is 2.53 bits per heavy atom. The van der Waals surface area contributed by atoms with E-state index in [2.05, 4.69) is 5.32 Å². The molecule has 0 spiro atoms. The smallest absolute Gasteiger partial charge is 0.178 e. The van der Waals surface area contributed by atoms with Crippen molar-refractivity contribution in [2.45, 2.75) is 23.7 Å². The van der Waals surface area contributed by atoms with E-state index in [1.165, 1.54) is 6.07 Å². The Bertz CT molecular complexity index is 507. The van der Waals surface area contributed by atoms with Gasteiger partial charge < -0.3 is 5.32 Å². The number of benzene rings is 1. The summed E-state index contributed by atoms with van der Waals surface area (Å²) in [5.41, 5.74) is 0.633. The first-order valence-electron chi connectivity index (χ1n) is 5.69. The van der Waals surface area contributed by atoms with Crippen molar-refractivity contribution in [1.82, 2.24) is 5.32 Å². The van der Waals surface area contributed by atoms with Crippen molar-refractivity contribution in [3.05, 3.63) is 29.6 Å². The Hall–Kier alpha value is -0.940. The highest BCUT2D eigenvalue weighted by atomic mass is 32.2. The van der Waals surface area contributed by atoms with E-state index >= 15 is 0 Å². The van der Waals surface area contributed by atoms with Crippen LogP contribution < -0.4 is 5.32 Å². The summed E-state index contributed by atoms with van der Waals surface area (Å²) in [6.45, 7) is 1.70. The third kappa shape index (κ3) is 2.66. The molecular formula is C12H16FNO2S. The van der Waals surface area contributed by atoms with Crippen molar-refractivity contribution in [1.29, 1.82) is 0 Å². The molecule has 0 amide bonds. The van der Waals surface area contributed by atoms with Crippen LogP contribution in [0.5, 0.6) is 0 Å². The zero-order valence-corrected chi connectivity index (χ0v) is 10.6. The molecule has 1 aromatic rings. The number of hydrogen-bond acceptors (Lipinski definition) is 3. The second-order valence-corrected chi connectivity index (χ2v) is 6.41. The highest BCUT2D eigenvalue weighted by Crippen LogP contribution is 2.31. The van der Waals surface area contributed by atoms with Crippen LogP contribution in [-0.4, -0.2) is 27.8 Å². The summed E-state index contributed by atoms with van der Waals surface area (Å²) in [7, 11) is -3.51. The molecule has 0 unspecified atom stereocenters. The third-order valence-electron chi connectivity index (χ3n) is 3.15. The molecule has 1 saturated heterocycles. The topological polar surface area (TPSA) is 46.2 Å². The van der Waals surface area contributed by atoms with Crippen LogP contribution in [0.1, 0.15) is 24.3 Å². The Labute approximate surface area is 101 Å². The van der Waals surface area contributed by atoms with Gasteiger partial charge in [-0.2, -0.15) is 0 Å². The average Bonchev–Trinajstić information content (AvgIpc) is 2.28. The van der Waals surface area contributed by atoms with Crippen molar-refractivity contribution < 1.29 is 12.8 Å². The van der Waals surface area contributed by atoms with Crippen LogP contribution in [0.3, 0.4) is 0 Å². The van der Waals surface area contributed by atoms with Gasteiger partial charge in [-0.15, -0.1) is 0 Å². The summed E-state index contributed by atoms with van der Waals surface area (Å²) in [5.74, 6) is -0.500. The van der Waals surface area contributed by atoms with Gasteiger partial charge >= 0.3 is 0 Å². The molecule has 17 heavy (non-hydrogen) atoms. The first kappa shape index (κ1) is 12.5. The van der Waals surface area contributed by atoms with Gasteiger partial charge in [0.1, 0.15) is 10.7 Å². The van der Waals surface area contributed by atoms with Gasteiger partial charge in [0.2, 0.25) is 0 Å². The van der Waals surface area contributed by atoms with E-state index in [0.29, 0.717) is 5.56 Å². The number of halogens is 1. The molecule has 1 aliphatic rings. The molecule has 5 heteroatoms. The van der Waals surface area contributed by atoms with Crippen LogP contribution in [-0.2, 0) is 9.84 Å². The number of nitrogens with one attached hydrogen (secondary N) is 1. The Kier molecular flexibility index (Phi) is 3.49. The minimum atomic E-state index is -3.51. The van der Waals surface area contributed by atoms with Crippen LogP contribution in [0.15, 0.2) is 23.1 Å². The van der Waals surface area contributed by atoms with Crippen molar-refractivity contribution >= 4 is 9.84 Å². The van der Waals surface area contributed by atoms with Gasteiger partial charge in [0.15, 0.2) is 9.84 Å². The van der Waals surface area contributed by atoms with Gasteiger partial charge in [0, 0.05) is 6.26 Å². The summed E-state index contributed by atoms with van der Waals surface area (Å²) >= 11 is 0. The molecule has 1 heterocycles. The van der Waals surface area contributed by atoms with Crippen molar-refractivity contribution in [3.8, 4) is 0 Å². The van der Waals surface area contributed by atoms with Crippen molar-refractivity contribution in [2.75, 3.05) is 19.3 Å². The first-order chi connectivity index (χ1) is 8.00. The van der Waals surface area contributed by atoms with E-state index in [9.17, 15) is 12.8 Å². The van der Waals surface area contributed by atoms with E-state index in [-0.39, 0.29) is 10.8 Å². The molecule has 3 nitrogen and oxygen atoms in total. The number of rotatable bonds is 2. The first-order valence-corrected chi connectivity index (χ1v) is 7.58. The monoisotopic (exact) mass is 257 g/mol. The average molecular weight is 257 g/mol. The van der Waals surface area contributed by atoms with E-state index in [1.807, 2.05) is 0 Å². The molecule has 1 N–H and O–H groups in total. The normalized spacial score (nSPS) is 18.2. The number of hydrogen-bond donors (Lipinski definition) is 1. The van der Waals surface area contributed by atoms with Crippen LogP contribution in [0, 0.1) is 5.82 Å². The van der Waals surface area contributed by atoms with Crippen molar-refractivity contribution in [2.24, 2.45) is 0 Å². The molecule has 0 aliphatic carbocycles. The lowest BCUT2D eigenvalue weighted by Crippen LogP contribution is -2.27. The van der Waals surface area contributed by atoms with Gasteiger partial charge in [0.25, 0.3) is 0 Å². The standard InChI is InChI=1S/C12H16FNO2S/c1-17(15,16)12-10(3-2-4-11(12)13)9-5-7-14-8-6-9/h2-4,9,14H,5-8H2,1H3. The summed E-state index contributed by atoms with van der Waals surface area (Å²) in [5, 5.41) is 3.21. The minimum Gasteiger partial charge on any atom is -0.317 e. The van der Waals surface area contributed by atoms with E-state index in [0.717, 1.165) is 32.2 Å². The van der Waals surface area contributed by atoms with Gasteiger partial charge in [-0.3, -0.25) is 0 Å². The summed E-state index contributed by atoms with van der Waals surface area (Å²) in [6.07, 6.45) is 2.77. The highest BCUT2D eigenvalue weighted by molar-refractivity contribution is 7.90. The molecule has 94 valence electrons. The van der Waals surface area contributed by atoms with Gasteiger partial charge in [-0.1, -0.05) is 12.1 Å². The fourth-order valence-corrected chi connectivity index (χ4v) is 3.46.